The van der Waals surface area contributed by atoms with Crippen LogP contribution in [-0.2, 0) is 14.8 Å². The maximum atomic E-state index is 13.2. The van der Waals surface area contributed by atoms with E-state index in [2.05, 4.69) is 10.6 Å². The van der Waals surface area contributed by atoms with Gasteiger partial charge in [0.25, 0.3) is 0 Å². The largest absolute Gasteiger partial charge is 0.492 e. The number of carbonyl (C=O) groups is 1. The molecule has 2 aromatic rings. The molecule has 2 aromatic carbocycles. The summed E-state index contributed by atoms with van der Waals surface area (Å²) in [5.74, 6) is 0.567. The molecular weight excluding hydrogens is 440 g/mol. The molecule has 0 unspecified atom stereocenters. The van der Waals surface area contributed by atoms with E-state index in [1.807, 2.05) is 50.9 Å². The van der Waals surface area contributed by atoms with Gasteiger partial charge in [-0.05, 0) is 51.6 Å². The van der Waals surface area contributed by atoms with Gasteiger partial charge in [-0.15, -0.1) is 0 Å². The maximum Gasteiger partial charge on any atom is 0.243 e. The van der Waals surface area contributed by atoms with E-state index >= 15 is 0 Å². The van der Waals surface area contributed by atoms with Crippen molar-refractivity contribution in [2.75, 3.05) is 45.2 Å². The molecule has 0 aliphatic carbocycles. The molecule has 0 spiro atoms. The van der Waals surface area contributed by atoms with Crippen LogP contribution < -0.4 is 15.4 Å². The van der Waals surface area contributed by atoms with Crippen molar-refractivity contribution in [2.24, 2.45) is 0 Å². The maximum absolute atomic E-state index is 13.2. The van der Waals surface area contributed by atoms with Crippen LogP contribution in [0.5, 0.6) is 5.75 Å². The SMILES string of the molecule is CNCCOc1ccc(C)c(NC(=O)CN2C[C@@H](C)N(S(=O)(=O)c3ccccc3)[C@@H](C)C2)c1. The van der Waals surface area contributed by atoms with Gasteiger partial charge in [0.1, 0.15) is 12.4 Å². The highest BCUT2D eigenvalue weighted by atomic mass is 32.2. The number of likely N-dealkylation sites (N-methyl/N-ethyl adjacent to an activating group) is 1. The van der Waals surface area contributed by atoms with Crippen molar-refractivity contribution in [3.05, 3.63) is 54.1 Å². The summed E-state index contributed by atoms with van der Waals surface area (Å²) in [6.07, 6.45) is 0. The molecule has 1 fully saturated rings. The predicted octanol–water partition coefficient (Wildman–Crippen LogP) is 2.32. The molecule has 1 aliphatic heterocycles. The molecule has 1 amide bonds. The molecule has 9 heteroatoms. The lowest BCUT2D eigenvalue weighted by molar-refractivity contribution is -0.118. The van der Waals surface area contributed by atoms with Gasteiger partial charge >= 0.3 is 0 Å². The second-order valence-electron chi connectivity index (χ2n) is 8.52. The number of hydrogen-bond acceptors (Lipinski definition) is 6. The van der Waals surface area contributed by atoms with E-state index in [-0.39, 0.29) is 24.5 Å². The topological polar surface area (TPSA) is 91.0 Å². The Labute approximate surface area is 197 Å². The lowest BCUT2D eigenvalue weighted by Crippen LogP contribution is -2.59. The monoisotopic (exact) mass is 474 g/mol. The fraction of sp³-hybridized carbons (Fsp3) is 0.458. The number of rotatable bonds is 9. The minimum atomic E-state index is -3.59. The zero-order valence-corrected chi connectivity index (χ0v) is 20.6. The van der Waals surface area contributed by atoms with Gasteiger partial charge in [-0.25, -0.2) is 8.42 Å². The zero-order chi connectivity index (χ0) is 24.0. The third kappa shape index (κ3) is 6.32. The van der Waals surface area contributed by atoms with Crippen LogP contribution in [0.25, 0.3) is 0 Å². The molecule has 0 aromatic heterocycles. The fourth-order valence-electron chi connectivity index (χ4n) is 4.22. The first-order valence-electron chi connectivity index (χ1n) is 11.2. The van der Waals surface area contributed by atoms with Gasteiger partial charge in [0.05, 0.1) is 11.4 Å². The number of ether oxygens (including phenoxy) is 1. The molecule has 0 radical (unpaired) electrons. The summed E-state index contributed by atoms with van der Waals surface area (Å²) in [7, 11) is -1.73. The minimum absolute atomic E-state index is 0.135. The Hall–Kier alpha value is -2.46. The van der Waals surface area contributed by atoms with E-state index in [0.29, 0.717) is 36.0 Å². The molecule has 1 aliphatic rings. The van der Waals surface area contributed by atoms with Gasteiger partial charge < -0.3 is 15.4 Å². The van der Waals surface area contributed by atoms with Gasteiger partial charge in [0.15, 0.2) is 0 Å². The third-order valence-electron chi connectivity index (χ3n) is 5.70. The molecule has 3 rings (SSSR count). The lowest BCUT2D eigenvalue weighted by atomic mass is 10.1. The summed E-state index contributed by atoms with van der Waals surface area (Å²) >= 11 is 0. The van der Waals surface area contributed by atoms with Crippen molar-refractivity contribution >= 4 is 21.6 Å². The van der Waals surface area contributed by atoms with Crippen molar-refractivity contribution in [1.29, 1.82) is 0 Å². The molecule has 0 bridgehead atoms. The van der Waals surface area contributed by atoms with Crippen LogP contribution in [0.15, 0.2) is 53.4 Å². The summed E-state index contributed by atoms with van der Waals surface area (Å²) in [6, 6.07) is 13.6. The first-order chi connectivity index (χ1) is 15.7. The molecule has 2 atom stereocenters. The number of nitrogens with zero attached hydrogens (tertiary/aromatic N) is 2. The standard InChI is InChI=1S/C24H34N4O4S/c1-18-10-11-21(32-13-12-25-4)14-23(18)26-24(29)17-27-15-19(2)28(20(3)16-27)33(30,31)22-8-6-5-7-9-22/h5-11,14,19-20,25H,12-13,15-17H2,1-4H3,(H,26,29)/t19-,20+. The summed E-state index contributed by atoms with van der Waals surface area (Å²) in [4.78, 5) is 15.1. The number of nitrogens with one attached hydrogen (secondary N) is 2. The van der Waals surface area contributed by atoms with Crippen molar-refractivity contribution in [3.8, 4) is 5.75 Å². The van der Waals surface area contributed by atoms with Crippen LogP contribution in [0, 0.1) is 6.92 Å². The van der Waals surface area contributed by atoms with Gasteiger partial charge in [-0.3, -0.25) is 9.69 Å². The number of benzene rings is 2. The number of sulfonamides is 1. The molecule has 33 heavy (non-hydrogen) atoms. The Balaban J connectivity index is 1.62. The van der Waals surface area contributed by atoms with E-state index in [1.165, 1.54) is 0 Å². The fourth-order valence-corrected chi connectivity index (χ4v) is 6.05. The zero-order valence-electron chi connectivity index (χ0n) is 19.7. The van der Waals surface area contributed by atoms with Crippen LogP contribution in [0.3, 0.4) is 0 Å². The number of piperazine rings is 1. The van der Waals surface area contributed by atoms with Crippen molar-refractivity contribution in [2.45, 2.75) is 37.8 Å². The Morgan fingerprint density at radius 2 is 1.76 bits per heavy atom. The first-order valence-corrected chi connectivity index (χ1v) is 12.6. The third-order valence-corrected chi connectivity index (χ3v) is 7.85. The number of anilines is 1. The Morgan fingerprint density at radius 3 is 2.39 bits per heavy atom. The van der Waals surface area contributed by atoms with E-state index in [1.54, 1.807) is 34.6 Å². The highest BCUT2D eigenvalue weighted by molar-refractivity contribution is 7.89. The molecule has 1 heterocycles. The summed E-state index contributed by atoms with van der Waals surface area (Å²) in [5, 5.41) is 6.01. The molecule has 1 saturated heterocycles. The van der Waals surface area contributed by atoms with Crippen LogP contribution in [-0.4, -0.2) is 75.4 Å². The quantitative estimate of drug-likeness (QED) is 0.542. The second-order valence-corrected chi connectivity index (χ2v) is 10.4. The molecule has 2 N–H and O–H groups in total. The number of carbonyl (C=O) groups excluding carboxylic acids is 1. The van der Waals surface area contributed by atoms with Crippen molar-refractivity contribution in [1.82, 2.24) is 14.5 Å². The first kappa shape index (κ1) is 25.2. The lowest BCUT2D eigenvalue weighted by Gasteiger charge is -2.43. The highest BCUT2D eigenvalue weighted by Gasteiger charge is 2.38. The van der Waals surface area contributed by atoms with Crippen LogP contribution in [0.1, 0.15) is 19.4 Å². The second kappa shape index (κ2) is 11.1. The molecule has 180 valence electrons. The molecule has 0 saturated carbocycles. The van der Waals surface area contributed by atoms with Crippen LogP contribution in [0.4, 0.5) is 5.69 Å². The van der Waals surface area contributed by atoms with E-state index in [0.717, 1.165) is 12.1 Å². The highest BCUT2D eigenvalue weighted by Crippen LogP contribution is 2.26. The summed E-state index contributed by atoms with van der Waals surface area (Å²) < 4.78 is 33.6. The van der Waals surface area contributed by atoms with E-state index < -0.39 is 10.0 Å². The average Bonchev–Trinajstić information content (AvgIpc) is 2.76. The number of hydrogen-bond donors (Lipinski definition) is 2. The number of aryl methyl sites for hydroxylation is 1. The van der Waals surface area contributed by atoms with Gasteiger partial charge in [-0.2, -0.15) is 4.31 Å². The Kier molecular flexibility index (Phi) is 8.47. The smallest absolute Gasteiger partial charge is 0.243 e. The minimum Gasteiger partial charge on any atom is -0.492 e. The van der Waals surface area contributed by atoms with Crippen molar-refractivity contribution < 1.29 is 17.9 Å². The predicted molar refractivity (Wildman–Crippen MR) is 130 cm³/mol. The Morgan fingerprint density at radius 1 is 1.09 bits per heavy atom. The average molecular weight is 475 g/mol. The summed E-state index contributed by atoms with van der Waals surface area (Å²) in [5.41, 5.74) is 1.66. The van der Waals surface area contributed by atoms with E-state index in [9.17, 15) is 13.2 Å². The van der Waals surface area contributed by atoms with Gasteiger partial charge in [0.2, 0.25) is 15.9 Å². The molecular formula is C24H34N4O4S. The van der Waals surface area contributed by atoms with Gasteiger partial charge in [-0.1, -0.05) is 24.3 Å². The van der Waals surface area contributed by atoms with Crippen molar-refractivity contribution in [3.63, 3.8) is 0 Å². The van der Waals surface area contributed by atoms with Crippen LogP contribution >= 0.6 is 0 Å². The van der Waals surface area contributed by atoms with E-state index in [4.69, 9.17) is 4.74 Å². The van der Waals surface area contributed by atoms with Crippen LogP contribution in [0.2, 0.25) is 0 Å². The normalized spacial score (nSPS) is 19.9. The molecule has 8 nitrogen and oxygen atoms in total. The Bertz CT molecular complexity index is 1030. The van der Waals surface area contributed by atoms with Gasteiger partial charge in [0, 0.05) is 43.5 Å². The number of amides is 1. The summed E-state index contributed by atoms with van der Waals surface area (Å²) in [6.45, 7) is 8.14.